The van der Waals surface area contributed by atoms with E-state index in [0.29, 0.717) is 11.4 Å². The van der Waals surface area contributed by atoms with E-state index in [1.54, 1.807) is 0 Å². The zero-order chi connectivity index (χ0) is 35.3. The van der Waals surface area contributed by atoms with E-state index in [0.717, 1.165) is 49.9 Å². The fourth-order valence-corrected chi connectivity index (χ4v) is 7.92. The van der Waals surface area contributed by atoms with Crippen LogP contribution in [0.25, 0.3) is 93.9 Å². The maximum absolute atomic E-state index is 10.3. The summed E-state index contributed by atoms with van der Waals surface area (Å²) in [5.74, 6) is 0.682. The molecule has 0 amide bonds. The van der Waals surface area contributed by atoms with Crippen LogP contribution in [0.15, 0.2) is 182 Å². The number of hydrogen-bond donors (Lipinski definition) is 0. The van der Waals surface area contributed by atoms with Gasteiger partial charge in [0.25, 0.3) is 0 Å². The van der Waals surface area contributed by atoms with Crippen LogP contribution in [0.2, 0.25) is 0 Å². The molecule has 0 N–H and O–H groups in total. The second kappa shape index (κ2) is 12.5. The van der Waals surface area contributed by atoms with Gasteiger partial charge in [-0.3, -0.25) is 0 Å². The van der Waals surface area contributed by atoms with Crippen LogP contribution in [0.5, 0.6) is 0 Å². The Morgan fingerprint density at radius 3 is 1.64 bits per heavy atom. The summed E-state index contributed by atoms with van der Waals surface area (Å²) in [7, 11) is 0. The Bertz CT molecular complexity index is 3010. The molecule has 0 atom stereocenters. The number of rotatable bonds is 5. The predicted octanol–water partition coefficient (Wildman–Crippen LogP) is 12.4. The van der Waals surface area contributed by atoms with Crippen molar-refractivity contribution >= 4 is 43.5 Å². The molecule has 2 aromatic heterocycles. The summed E-state index contributed by atoms with van der Waals surface area (Å²) >= 11 is 0. The molecule has 0 spiro atoms. The summed E-state index contributed by atoms with van der Waals surface area (Å²) in [4.78, 5) is 9.87. The standard InChI is InChI=1S/C49H30N4/c50-30-32-26-37(29-38(27-32)53-44-25-12-11-24-43(44)48-45(53)31-51-49(52-48)34-16-5-2-6-17-34)35-18-13-19-36(28-35)47-41-22-9-7-20-39(41)46(33-14-3-1-4-15-33)40-21-8-10-23-42(40)47/h1-29,31H. The van der Waals surface area contributed by atoms with Crippen molar-refractivity contribution in [1.82, 2.24) is 14.5 Å². The SMILES string of the molecule is N#Cc1cc(-c2cccc(-c3c4ccccc4c(-c4ccccc4)c4ccccc34)c2)cc(-n2c3ccccc3c3nc(-c4ccccc4)ncc32)c1. The summed E-state index contributed by atoms with van der Waals surface area (Å²) in [5.41, 5.74) is 12.0. The minimum absolute atomic E-state index is 0.582. The second-order valence-corrected chi connectivity index (χ2v) is 13.3. The Balaban J connectivity index is 1.17. The van der Waals surface area contributed by atoms with Crippen LogP contribution < -0.4 is 0 Å². The number of hydrogen-bond acceptors (Lipinski definition) is 3. The molecule has 0 aliphatic carbocycles. The van der Waals surface area contributed by atoms with Gasteiger partial charge in [-0.05, 0) is 85.3 Å². The lowest BCUT2D eigenvalue weighted by Gasteiger charge is -2.18. The topological polar surface area (TPSA) is 54.5 Å². The van der Waals surface area contributed by atoms with Gasteiger partial charge in [0, 0.05) is 16.6 Å². The molecular formula is C49H30N4. The highest BCUT2D eigenvalue weighted by Gasteiger charge is 2.19. The molecule has 0 fully saturated rings. The molecule has 10 rings (SSSR count). The Morgan fingerprint density at radius 1 is 0.434 bits per heavy atom. The first-order chi connectivity index (χ1) is 26.2. The molecule has 53 heavy (non-hydrogen) atoms. The van der Waals surface area contributed by atoms with Crippen molar-refractivity contribution in [3.8, 4) is 56.5 Å². The highest BCUT2D eigenvalue weighted by Crippen LogP contribution is 2.44. The molecule has 4 heteroatoms. The summed E-state index contributed by atoms with van der Waals surface area (Å²) in [6, 6.07) is 63.7. The molecule has 2 heterocycles. The van der Waals surface area contributed by atoms with Crippen LogP contribution in [-0.4, -0.2) is 14.5 Å². The van der Waals surface area contributed by atoms with Gasteiger partial charge in [0.15, 0.2) is 5.82 Å². The minimum Gasteiger partial charge on any atom is -0.306 e. The minimum atomic E-state index is 0.582. The third kappa shape index (κ3) is 5.06. The van der Waals surface area contributed by atoms with E-state index in [1.807, 2.05) is 60.8 Å². The Morgan fingerprint density at radius 2 is 0.981 bits per heavy atom. The largest absolute Gasteiger partial charge is 0.306 e. The summed E-state index contributed by atoms with van der Waals surface area (Å²) < 4.78 is 2.18. The van der Waals surface area contributed by atoms with Crippen LogP contribution in [0.3, 0.4) is 0 Å². The maximum atomic E-state index is 10.3. The quantitative estimate of drug-likeness (QED) is 0.171. The molecule has 10 aromatic rings. The van der Waals surface area contributed by atoms with Crippen LogP contribution in [0.4, 0.5) is 0 Å². The van der Waals surface area contributed by atoms with Crippen molar-refractivity contribution in [3.63, 3.8) is 0 Å². The number of fused-ring (bicyclic) bond motifs is 5. The molecule has 4 nitrogen and oxygen atoms in total. The van der Waals surface area contributed by atoms with Crippen LogP contribution in [0.1, 0.15) is 5.56 Å². The van der Waals surface area contributed by atoms with Crippen molar-refractivity contribution in [2.75, 3.05) is 0 Å². The number of benzene rings is 8. The number of aromatic nitrogens is 3. The van der Waals surface area contributed by atoms with Gasteiger partial charge in [-0.2, -0.15) is 5.26 Å². The van der Waals surface area contributed by atoms with E-state index >= 15 is 0 Å². The van der Waals surface area contributed by atoms with E-state index < -0.39 is 0 Å². The average molecular weight is 675 g/mol. The third-order valence-electron chi connectivity index (χ3n) is 10.2. The van der Waals surface area contributed by atoms with Crippen molar-refractivity contribution in [3.05, 3.63) is 188 Å². The summed E-state index contributed by atoms with van der Waals surface area (Å²) in [6.07, 6.45) is 1.90. The molecule has 0 aliphatic heterocycles. The molecule has 0 saturated heterocycles. The zero-order valence-electron chi connectivity index (χ0n) is 28.6. The smallest absolute Gasteiger partial charge is 0.159 e. The second-order valence-electron chi connectivity index (χ2n) is 13.3. The van der Waals surface area contributed by atoms with E-state index in [4.69, 9.17) is 9.97 Å². The van der Waals surface area contributed by atoms with Gasteiger partial charge in [0.05, 0.1) is 28.9 Å². The first-order valence-corrected chi connectivity index (χ1v) is 17.7. The lowest BCUT2D eigenvalue weighted by Crippen LogP contribution is -1.97. The molecule has 8 aromatic carbocycles. The zero-order valence-corrected chi connectivity index (χ0v) is 28.6. The first kappa shape index (κ1) is 30.5. The van der Waals surface area contributed by atoms with Crippen molar-refractivity contribution < 1.29 is 0 Å². The fourth-order valence-electron chi connectivity index (χ4n) is 7.92. The normalized spacial score (nSPS) is 11.4. The molecule has 0 aliphatic rings. The monoisotopic (exact) mass is 674 g/mol. The number of nitriles is 1. The van der Waals surface area contributed by atoms with E-state index in [9.17, 15) is 5.26 Å². The van der Waals surface area contributed by atoms with Gasteiger partial charge in [-0.15, -0.1) is 0 Å². The Labute approximate surface area is 306 Å². The predicted molar refractivity (Wildman–Crippen MR) is 218 cm³/mol. The number of nitrogens with zero attached hydrogens (tertiary/aromatic N) is 4. The van der Waals surface area contributed by atoms with Crippen molar-refractivity contribution in [2.24, 2.45) is 0 Å². The molecule has 0 bridgehead atoms. The van der Waals surface area contributed by atoms with Crippen molar-refractivity contribution in [1.29, 1.82) is 5.26 Å². The van der Waals surface area contributed by atoms with E-state index in [1.165, 1.54) is 38.2 Å². The molecular weight excluding hydrogens is 645 g/mol. The third-order valence-corrected chi connectivity index (χ3v) is 10.2. The average Bonchev–Trinajstić information content (AvgIpc) is 3.57. The summed E-state index contributed by atoms with van der Waals surface area (Å²) in [5, 5.41) is 16.2. The summed E-state index contributed by atoms with van der Waals surface area (Å²) in [6.45, 7) is 0. The van der Waals surface area contributed by atoms with Gasteiger partial charge < -0.3 is 4.57 Å². The van der Waals surface area contributed by atoms with Gasteiger partial charge in [0.2, 0.25) is 0 Å². The van der Waals surface area contributed by atoms with Crippen molar-refractivity contribution in [2.45, 2.75) is 0 Å². The van der Waals surface area contributed by atoms with Gasteiger partial charge in [-0.25, -0.2) is 9.97 Å². The molecule has 0 saturated carbocycles. The van der Waals surface area contributed by atoms with Gasteiger partial charge in [0.1, 0.15) is 5.52 Å². The molecule has 0 radical (unpaired) electrons. The first-order valence-electron chi connectivity index (χ1n) is 17.7. The highest BCUT2D eigenvalue weighted by atomic mass is 15.0. The fraction of sp³-hybridized carbons (Fsp3) is 0. The van der Waals surface area contributed by atoms with Crippen LogP contribution in [-0.2, 0) is 0 Å². The lowest BCUT2D eigenvalue weighted by atomic mass is 9.85. The van der Waals surface area contributed by atoms with Gasteiger partial charge in [-0.1, -0.05) is 146 Å². The van der Waals surface area contributed by atoms with E-state index in [-0.39, 0.29) is 0 Å². The maximum Gasteiger partial charge on any atom is 0.159 e. The molecule has 246 valence electrons. The Kier molecular flexibility index (Phi) is 7.16. The lowest BCUT2D eigenvalue weighted by molar-refractivity contribution is 1.14. The van der Waals surface area contributed by atoms with Crippen LogP contribution >= 0.6 is 0 Å². The van der Waals surface area contributed by atoms with Crippen LogP contribution in [0, 0.1) is 11.3 Å². The molecule has 0 unspecified atom stereocenters. The van der Waals surface area contributed by atoms with E-state index in [2.05, 4.69) is 132 Å². The highest BCUT2D eigenvalue weighted by molar-refractivity contribution is 6.21. The number of para-hydroxylation sites is 1. The Hall–Kier alpha value is -7.35. The van der Waals surface area contributed by atoms with Gasteiger partial charge >= 0.3 is 0 Å².